The van der Waals surface area contributed by atoms with Gasteiger partial charge >= 0.3 is 6.03 Å². The molecule has 5 rings (SSSR count). The molecule has 2 aromatic rings. The maximum atomic E-state index is 13.1. The Labute approximate surface area is 199 Å². The number of sulfonamides is 1. The summed E-state index contributed by atoms with van der Waals surface area (Å²) in [6, 6.07) is 10.2. The number of amides is 2. The van der Waals surface area contributed by atoms with Gasteiger partial charge < -0.3 is 9.64 Å². The molecular weight excluding hydrogens is 483 g/mol. The predicted molar refractivity (Wildman–Crippen MR) is 122 cm³/mol. The number of allylic oxidation sites excluding steroid dienone is 1. The molecule has 11 heteroatoms. The fraction of sp³-hybridized carbons (Fsp3) is 0.261. The van der Waals surface area contributed by atoms with E-state index in [2.05, 4.69) is 0 Å². The molecule has 0 atom stereocenters. The van der Waals surface area contributed by atoms with Gasteiger partial charge in [0.05, 0.1) is 4.90 Å². The minimum atomic E-state index is -4.14. The molecule has 1 saturated heterocycles. The van der Waals surface area contributed by atoms with Crippen LogP contribution in [0.4, 0.5) is 9.18 Å². The van der Waals surface area contributed by atoms with E-state index < -0.39 is 39.0 Å². The molecule has 2 aliphatic heterocycles. The lowest BCUT2D eigenvalue weighted by molar-refractivity contribution is -0.111. The number of thioether (sulfide) groups is 1. The summed E-state index contributed by atoms with van der Waals surface area (Å²) in [4.78, 5) is 39.1. The number of likely N-dealkylation sites (tertiary alicyclic amines) is 1. The van der Waals surface area contributed by atoms with E-state index in [1.807, 2.05) is 4.72 Å². The average Bonchev–Trinajstić information content (AvgIpc) is 2.83. The van der Waals surface area contributed by atoms with Gasteiger partial charge in [-0.1, -0.05) is 24.3 Å². The lowest BCUT2D eigenvalue weighted by Gasteiger charge is -2.45. The lowest BCUT2D eigenvalue weighted by atomic mass is 9.90. The molecule has 0 radical (unpaired) electrons. The third kappa shape index (κ3) is 3.88. The van der Waals surface area contributed by atoms with E-state index in [4.69, 9.17) is 4.74 Å². The molecule has 8 nitrogen and oxygen atoms in total. The fourth-order valence-corrected chi connectivity index (χ4v) is 6.46. The van der Waals surface area contributed by atoms with Crippen molar-refractivity contribution in [1.82, 2.24) is 9.62 Å². The van der Waals surface area contributed by atoms with E-state index in [0.717, 1.165) is 24.3 Å². The van der Waals surface area contributed by atoms with E-state index in [1.165, 1.54) is 16.7 Å². The van der Waals surface area contributed by atoms with Crippen LogP contribution in [0.25, 0.3) is 5.76 Å². The summed E-state index contributed by atoms with van der Waals surface area (Å²) < 4.78 is 46.4. The van der Waals surface area contributed by atoms with Crippen LogP contribution in [0.3, 0.4) is 0 Å². The van der Waals surface area contributed by atoms with Crippen LogP contribution < -0.4 is 4.72 Å². The quantitative estimate of drug-likeness (QED) is 0.629. The molecule has 1 fully saturated rings. The molecule has 2 amide bonds. The molecule has 3 aliphatic rings. The number of hydrogen-bond acceptors (Lipinski definition) is 7. The highest BCUT2D eigenvalue weighted by atomic mass is 32.2. The van der Waals surface area contributed by atoms with Crippen LogP contribution >= 0.6 is 11.8 Å². The highest BCUT2D eigenvalue weighted by molar-refractivity contribution is 8.04. The van der Waals surface area contributed by atoms with Crippen molar-refractivity contribution in [3.8, 4) is 0 Å². The number of nitrogens with one attached hydrogen (secondary N) is 1. The first kappa shape index (κ1) is 22.6. The average molecular weight is 503 g/mol. The minimum Gasteiger partial charge on any atom is -0.484 e. The van der Waals surface area contributed by atoms with Crippen molar-refractivity contribution >= 4 is 45.1 Å². The summed E-state index contributed by atoms with van der Waals surface area (Å²) in [6.45, 7) is 0.477. The molecule has 34 heavy (non-hydrogen) atoms. The van der Waals surface area contributed by atoms with Crippen molar-refractivity contribution in [2.75, 3.05) is 18.8 Å². The zero-order chi connectivity index (χ0) is 24.1. The number of Topliss-reactive ketones (excluding diaryl/α,β-unsaturated/α-hetero) is 2. The first-order valence-electron chi connectivity index (χ1n) is 10.5. The van der Waals surface area contributed by atoms with Gasteiger partial charge in [-0.15, -0.1) is 11.8 Å². The minimum absolute atomic E-state index is 0.211. The first-order valence-corrected chi connectivity index (χ1v) is 13.0. The van der Waals surface area contributed by atoms with Crippen LogP contribution in [0, 0.1) is 5.82 Å². The SMILES string of the molecule is O=C1C(=O)c2ccccc2C2=C1SCC1(CCN(C(=O)NS(=O)(=O)c3ccc(F)cc3)CC1)O2. The molecule has 0 aromatic heterocycles. The van der Waals surface area contributed by atoms with Gasteiger partial charge in [0.15, 0.2) is 0 Å². The summed E-state index contributed by atoms with van der Waals surface area (Å²) in [5.41, 5.74) is 0.245. The Morgan fingerprint density at radius 2 is 1.65 bits per heavy atom. The number of fused-ring (bicyclic) bond motifs is 2. The van der Waals surface area contributed by atoms with Gasteiger partial charge in [0.2, 0.25) is 11.6 Å². The summed E-state index contributed by atoms with van der Waals surface area (Å²) in [5, 5.41) is 0. The number of hydrogen-bond donors (Lipinski definition) is 1. The topological polar surface area (TPSA) is 110 Å². The van der Waals surface area contributed by atoms with Crippen LogP contribution in [0.2, 0.25) is 0 Å². The summed E-state index contributed by atoms with van der Waals surface area (Å²) in [5.74, 6) is -0.863. The standard InChI is InChI=1S/C23H19FN2O6S2/c24-14-5-7-15(8-6-14)34(30,31)25-22(29)26-11-9-23(10-12-26)13-33-21-19(28)18(27)16-3-1-2-4-17(16)20(21)32-23/h1-8H,9-13H2,(H,25,29). The fourth-order valence-electron chi connectivity index (χ4n) is 4.23. The Morgan fingerprint density at radius 3 is 2.32 bits per heavy atom. The van der Waals surface area contributed by atoms with Gasteiger partial charge in [-0.05, 0) is 24.3 Å². The second-order valence-corrected chi connectivity index (χ2v) is 11.0. The number of carbonyl (C=O) groups is 3. The number of piperidine rings is 1. The smallest absolute Gasteiger partial charge is 0.331 e. The highest BCUT2D eigenvalue weighted by Crippen LogP contribution is 2.47. The summed E-state index contributed by atoms with van der Waals surface area (Å²) in [6.07, 6.45) is 0.843. The third-order valence-electron chi connectivity index (χ3n) is 6.14. The second-order valence-electron chi connectivity index (χ2n) is 8.29. The molecule has 1 N–H and O–H groups in total. The molecule has 2 aromatic carbocycles. The Kier molecular flexibility index (Phi) is 5.48. The van der Waals surface area contributed by atoms with Gasteiger partial charge in [-0.25, -0.2) is 22.3 Å². The molecule has 1 spiro atoms. The van der Waals surface area contributed by atoms with E-state index in [-0.39, 0.29) is 18.0 Å². The van der Waals surface area contributed by atoms with Crippen molar-refractivity contribution in [2.24, 2.45) is 0 Å². The maximum absolute atomic E-state index is 13.1. The zero-order valence-corrected chi connectivity index (χ0v) is 19.4. The van der Waals surface area contributed by atoms with Crippen molar-refractivity contribution < 1.29 is 31.9 Å². The van der Waals surface area contributed by atoms with Crippen LogP contribution in [0.5, 0.6) is 0 Å². The van der Waals surface area contributed by atoms with Crippen LogP contribution in [0.15, 0.2) is 58.3 Å². The number of halogens is 1. The molecule has 0 saturated carbocycles. The largest absolute Gasteiger partial charge is 0.484 e. The summed E-state index contributed by atoms with van der Waals surface area (Å²) >= 11 is 1.28. The van der Waals surface area contributed by atoms with Gasteiger partial charge in [-0.3, -0.25) is 9.59 Å². The van der Waals surface area contributed by atoms with Gasteiger partial charge in [0, 0.05) is 42.8 Å². The maximum Gasteiger partial charge on any atom is 0.331 e. The van der Waals surface area contributed by atoms with Crippen LogP contribution in [-0.2, 0) is 19.6 Å². The Hall–Kier alpha value is -3.18. The number of carbonyl (C=O) groups excluding carboxylic acids is 3. The molecule has 0 bridgehead atoms. The number of ether oxygens (including phenoxy) is 1. The van der Waals surface area contributed by atoms with E-state index in [9.17, 15) is 27.2 Å². The van der Waals surface area contributed by atoms with Crippen molar-refractivity contribution in [3.63, 3.8) is 0 Å². The third-order valence-corrected chi connectivity index (χ3v) is 8.81. The van der Waals surface area contributed by atoms with E-state index >= 15 is 0 Å². The highest BCUT2D eigenvalue weighted by Gasteiger charge is 2.46. The number of nitrogens with zero attached hydrogens (tertiary/aromatic N) is 1. The number of rotatable bonds is 2. The number of urea groups is 1. The first-order chi connectivity index (χ1) is 16.2. The molecule has 1 aliphatic carbocycles. The Morgan fingerprint density at radius 1 is 1.00 bits per heavy atom. The van der Waals surface area contributed by atoms with Gasteiger partial charge in [-0.2, -0.15) is 0 Å². The van der Waals surface area contributed by atoms with Crippen molar-refractivity contribution in [2.45, 2.75) is 23.3 Å². The van der Waals surface area contributed by atoms with Crippen molar-refractivity contribution in [1.29, 1.82) is 0 Å². The lowest BCUT2D eigenvalue weighted by Crippen LogP contribution is -2.53. The number of benzene rings is 2. The molecule has 2 heterocycles. The van der Waals surface area contributed by atoms with Crippen LogP contribution in [-0.4, -0.2) is 55.4 Å². The molecule has 0 unspecified atom stereocenters. The van der Waals surface area contributed by atoms with Crippen LogP contribution in [0.1, 0.15) is 28.8 Å². The van der Waals surface area contributed by atoms with Gasteiger partial charge in [0.1, 0.15) is 22.1 Å². The van der Waals surface area contributed by atoms with E-state index in [1.54, 1.807) is 24.3 Å². The predicted octanol–water partition coefficient (Wildman–Crippen LogP) is 2.96. The Bertz CT molecular complexity index is 1350. The zero-order valence-electron chi connectivity index (χ0n) is 17.7. The number of ketones is 2. The second kappa shape index (κ2) is 8.24. The van der Waals surface area contributed by atoms with E-state index in [0.29, 0.717) is 40.4 Å². The normalized spacial score (nSPS) is 19.4. The monoisotopic (exact) mass is 502 g/mol. The summed E-state index contributed by atoms with van der Waals surface area (Å²) in [7, 11) is -4.14. The van der Waals surface area contributed by atoms with Crippen molar-refractivity contribution in [3.05, 3.63) is 70.4 Å². The Balaban J connectivity index is 1.29. The molecule has 176 valence electrons. The molecular formula is C23H19FN2O6S2. The van der Waals surface area contributed by atoms with Gasteiger partial charge in [0.25, 0.3) is 10.0 Å².